The lowest BCUT2D eigenvalue weighted by Crippen LogP contribution is -2.55. The minimum absolute atomic E-state index is 0.523. The van der Waals surface area contributed by atoms with E-state index in [4.69, 9.17) is 0 Å². The van der Waals surface area contributed by atoms with Gasteiger partial charge in [-0.05, 0) is 24.6 Å². The van der Waals surface area contributed by atoms with Gasteiger partial charge in [-0.1, -0.05) is 24.3 Å². The first-order chi connectivity index (χ1) is 6.95. The summed E-state index contributed by atoms with van der Waals surface area (Å²) in [5.41, 5.74) is 0. The zero-order chi connectivity index (χ0) is 9.38. The largest absolute Gasteiger partial charge is 0.367 e. The molecule has 72 valence electrons. The van der Waals surface area contributed by atoms with Gasteiger partial charge in [0, 0.05) is 13.1 Å². The molecule has 2 nitrogen and oxygen atoms in total. The van der Waals surface area contributed by atoms with Crippen molar-refractivity contribution in [2.75, 3.05) is 13.1 Å². The molecule has 0 aliphatic carbocycles. The maximum absolute atomic E-state index is 2.42. The Labute approximate surface area is 84.5 Å². The van der Waals surface area contributed by atoms with Crippen LogP contribution >= 0.6 is 0 Å². The Hall–Kier alpha value is -1.44. The van der Waals surface area contributed by atoms with Crippen molar-refractivity contribution in [2.24, 2.45) is 0 Å². The smallest absolute Gasteiger partial charge is 0.0711 e. The van der Waals surface area contributed by atoms with Crippen molar-refractivity contribution in [2.45, 2.75) is 12.1 Å². The third-order valence-electron chi connectivity index (χ3n) is 3.13. The molecule has 0 aromatic heterocycles. The monoisotopic (exact) mass is 186 g/mol. The summed E-state index contributed by atoms with van der Waals surface area (Å²) in [6, 6.07) is 1.05. The van der Waals surface area contributed by atoms with Gasteiger partial charge < -0.3 is 9.80 Å². The van der Waals surface area contributed by atoms with Crippen LogP contribution < -0.4 is 0 Å². The van der Waals surface area contributed by atoms with Gasteiger partial charge >= 0.3 is 0 Å². The predicted octanol–water partition coefficient (Wildman–Crippen LogP) is 1.51. The molecule has 3 heterocycles. The molecule has 0 bridgehead atoms. The van der Waals surface area contributed by atoms with E-state index in [1.54, 1.807) is 0 Å². The number of fused-ring (bicyclic) bond motifs is 3. The van der Waals surface area contributed by atoms with E-state index in [1.165, 1.54) is 0 Å². The predicted molar refractivity (Wildman–Crippen MR) is 57.5 cm³/mol. The van der Waals surface area contributed by atoms with Crippen LogP contribution in [0.2, 0.25) is 0 Å². The van der Waals surface area contributed by atoms with Gasteiger partial charge in [0.15, 0.2) is 0 Å². The van der Waals surface area contributed by atoms with E-state index in [9.17, 15) is 0 Å². The van der Waals surface area contributed by atoms with E-state index < -0.39 is 0 Å². The van der Waals surface area contributed by atoms with Crippen LogP contribution in [0, 0.1) is 0 Å². The van der Waals surface area contributed by atoms with E-state index in [1.807, 2.05) is 0 Å². The lowest BCUT2D eigenvalue weighted by Gasteiger charge is -2.46. The van der Waals surface area contributed by atoms with E-state index in [0.717, 1.165) is 13.1 Å². The Bertz CT molecular complexity index is 304. The molecule has 3 aliphatic rings. The fourth-order valence-electron chi connectivity index (χ4n) is 2.39. The number of nitrogens with zero attached hydrogens (tertiary/aromatic N) is 2. The molecule has 0 unspecified atom stereocenters. The highest BCUT2D eigenvalue weighted by Crippen LogP contribution is 2.24. The molecule has 2 atom stereocenters. The zero-order valence-corrected chi connectivity index (χ0v) is 8.08. The Balaban J connectivity index is 1.90. The summed E-state index contributed by atoms with van der Waals surface area (Å²) >= 11 is 0. The molecule has 0 N–H and O–H groups in total. The van der Waals surface area contributed by atoms with Crippen molar-refractivity contribution in [1.29, 1.82) is 0 Å². The summed E-state index contributed by atoms with van der Waals surface area (Å²) in [6.45, 7) is 2.25. The third-order valence-corrected chi connectivity index (χ3v) is 3.13. The number of hydrogen-bond acceptors (Lipinski definition) is 2. The highest BCUT2D eigenvalue weighted by atomic mass is 15.3. The number of rotatable bonds is 0. The van der Waals surface area contributed by atoms with Gasteiger partial charge in [0.2, 0.25) is 0 Å². The minimum Gasteiger partial charge on any atom is -0.367 e. The Morgan fingerprint density at radius 2 is 1.21 bits per heavy atom. The summed E-state index contributed by atoms with van der Waals surface area (Å²) in [5.74, 6) is 0. The van der Waals surface area contributed by atoms with Crippen molar-refractivity contribution < 1.29 is 0 Å². The third kappa shape index (κ3) is 1.10. The maximum Gasteiger partial charge on any atom is 0.0711 e. The van der Waals surface area contributed by atoms with Crippen LogP contribution in [0.4, 0.5) is 0 Å². The summed E-state index contributed by atoms with van der Waals surface area (Å²) in [6.07, 6.45) is 17.5. The van der Waals surface area contributed by atoms with E-state index in [-0.39, 0.29) is 0 Å². The lowest BCUT2D eigenvalue weighted by atomic mass is 9.98. The number of allylic oxidation sites excluding steroid dienone is 4. The molecule has 3 aliphatic heterocycles. The molecule has 0 aromatic rings. The first-order valence-electron chi connectivity index (χ1n) is 5.17. The van der Waals surface area contributed by atoms with E-state index in [2.05, 4.69) is 58.7 Å². The second-order valence-electron chi connectivity index (χ2n) is 3.91. The van der Waals surface area contributed by atoms with Crippen molar-refractivity contribution in [3.63, 3.8) is 0 Å². The minimum atomic E-state index is 0.523. The van der Waals surface area contributed by atoms with Gasteiger partial charge in [-0.25, -0.2) is 0 Å². The standard InChI is InChI=1S/C12H14N2/c1-3-7-13-9-10-14-8-4-2-6-12(14)11(13)5-1/h1-8,11-12H,9-10H2/t11-,12-/m1/s1. The molecule has 0 aromatic carbocycles. The average molecular weight is 186 g/mol. The van der Waals surface area contributed by atoms with Gasteiger partial charge in [-0.2, -0.15) is 0 Å². The van der Waals surface area contributed by atoms with E-state index >= 15 is 0 Å². The van der Waals surface area contributed by atoms with Crippen molar-refractivity contribution >= 4 is 0 Å². The molecule has 1 saturated heterocycles. The SMILES string of the molecule is C1=C[C@@H]2[C@H]3C=CC=CN3CCN2C=C1. The van der Waals surface area contributed by atoms with Crippen LogP contribution in [0.5, 0.6) is 0 Å². The summed E-state index contributed by atoms with van der Waals surface area (Å²) in [4.78, 5) is 4.84. The van der Waals surface area contributed by atoms with Crippen LogP contribution in [0.15, 0.2) is 48.9 Å². The van der Waals surface area contributed by atoms with Crippen molar-refractivity contribution in [3.8, 4) is 0 Å². The average Bonchev–Trinajstić information content (AvgIpc) is 2.29. The summed E-state index contributed by atoms with van der Waals surface area (Å²) in [7, 11) is 0. The van der Waals surface area contributed by atoms with Crippen LogP contribution in [-0.2, 0) is 0 Å². The van der Waals surface area contributed by atoms with Crippen LogP contribution in [0.1, 0.15) is 0 Å². The van der Waals surface area contributed by atoms with Gasteiger partial charge in [0.05, 0.1) is 12.1 Å². The van der Waals surface area contributed by atoms with E-state index in [0.29, 0.717) is 12.1 Å². The van der Waals surface area contributed by atoms with Crippen molar-refractivity contribution in [3.05, 3.63) is 48.9 Å². The van der Waals surface area contributed by atoms with Crippen LogP contribution in [0.3, 0.4) is 0 Å². The number of piperazine rings is 1. The zero-order valence-electron chi connectivity index (χ0n) is 8.08. The van der Waals surface area contributed by atoms with Crippen LogP contribution in [-0.4, -0.2) is 35.0 Å². The topological polar surface area (TPSA) is 6.48 Å². The quantitative estimate of drug-likeness (QED) is 0.566. The highest BCUT2D eigenvalue weighted by Gasteiger charge is 2.31. The second kappa shape index (κ2) is 3.05. The van der Waals surface area contributed by atoms with Gasteiger partial charge in [0.1, 0.15) is 0 Å². The normalized spacial score (nSPS) is 33.1. The Morgan fingerprint density at radius 1 is 0.714 bits per heavy atom. The summed E-state index contributed by atoms with van der Waals surface area (Å²) < 4.78 is 0. The molecule has 0 amide bonds. The molecular weight excluding hydrogens is 172 g/mol. The lowest BCUT2D eigenvalue weighted by molar-refractivity contribution is 0.131. The van der Waals surface area contributed by atoms with Gasteiger partial charge in [0.25, 0.3) is 0 Å². The van der Waals surface area contributed by atoms with Crippen molar-refractivity contribution in [1.82, 2.24) is 9.80 Å². The number of hydrogen-bond donors (Lipinski definition) is 0. The molecular formula is C12H14N2. The second-order valence-corrected chi connectivity index (χ2v) is 3.91. The Morgan fingerprint density at radius 3 is 1.71 bits per heavy atom. The molecule has 14 heavy (non-hydrogen) atoms. The summed E-state index contributed by atoms with van der Waals surface area (Å²) in [5, 5.41) is 0. The first-order valence-corrected chi connectivity index (χ1v) is 5.17. The highest BCUT2D eigenvalue weighted by molar-refractivity contribution is 5.25. The molecule has 2 heteroatoms. The molecule has 1 fully saturated rings. The maximum atomic E-state index is 2.42. The molecule has 0 saturated carbocycles. The Kier molecular flexibility index (Phi) is 1.72. The molecule has 0 spiro atoms. The van der Waals surface area contributed by atoms with Gasteiger partial charge in [-0.15, -0.1) is 0 Å². The van der Waals surface area contributed by atoms with Gasteiger partial charge in [-0.3, -0.25) is 0 Å². The molecule has 0 radical (unpaired) electrons. The fraction of sp³-hybridized carbons (Fsp3) is 0.333. The fourth-order valence-corrected chi connectivity index (χ4v) is 2.39. The first kappa shape index (κ1) is 7.92. The molecule has 3 rings (SSSR count). The van der Waals surface area contributed by atoms with Crippen LogP contribution in [0.25, 0.3) is 0 Å².